The summed E-state index contributed by atoms with van der Waals surface area (Å²) in [6, 6.07) is 37.6. The molecule has 5 heterocycles. The van der Waals surface area contributed by atoms with Crippen molar-refractivity contribution in [3.05, 3.63) is 215 Å². The van der Waals surface area contributed by atoms with Crippen LogP contribution in [0.5, 0.6) is 11.5 Å². The molecule has 2 fully saturated rings. The Morgan fingerprint density at radius 2 is 0.974 bits per heavy atom. The van der Waals surface area contributed by atoms with Crippen molar-refractivity contribution < 1.29 is 23.8 Å². The van der Waals surface area contributed by atoms with E-state index in [9.17, 15) is 14.4 Å². The number of likely N-dealkylation sites (N-methyl/N-ethyl adjacent to an activating group) is 4. The highest BCUT2D eigenvalue weighted by Crippen LogP contribution is 2.18. The molecule has 0 aliphatic carbocycles. The van der Waals surface area contributed by atoms with Gasteiger partial charge in [-0.1, -0.05) is 77.9 Å². The van der Waals surface area contributed by atoms with E-state index in [1.807, 2.05) is 127 Å². The fraction of sp³-hybridized carbons (Fsp3) is 0.400. The number of carbonyl (C=O) groups is 1. The summed E-state index contributed by atoms with van der Waals surface area (Å²) in [4.78, 5) is 26.3. The Bertz CT molecular complexity index is 2510. The molecule has 0 saturated carbocycles. The average molecular weight is 1070 g/mol. The van der Waals surface area contributed by atoms with Gasteiger partial charge in [0.05, 0.1) is 13.7 Å². The minimum absolute atomic E-state index is 0.116. The molecule has 420 valence electrons. The Balaban J connectivity index is 0.000000434. The number of aromatic nitrogens is 2. The molecule has 0 unspecified atom stereocenters. The van der Waals surface area contributed by atoms with Gasteiger partial charge in [0.2, 0.25) is 5.91 Å². The predicted octanol–water partition coefficient (Wildman–Crippen LogP) is 13.3. The standard InChI is InChI=1S/C9H12O.C8H9F.C8H10O.C8H10.C7H9NO.C7H9N.C6H12N2O.C6H14N2.C6H8S/c1-7-4-5-8(2)9(6-7)10-3;2*1-6-3-4-7(2)8(9)5-6;1-7-3-5-8(2)6-4-7;1-6-3-4-7(2)8(9)5-6;1-6-3-4-7(2)8-5-6;1-7-3-4-8(2)6(9)5-7;1-7-3-5-8(2)6-4-7;1-5-3-4-6(2)7-5/h4-6H,1-3H3;3-5H,1-2H3;3-5,9H,1-2H3;3-6H,1-2H3;3-5H,1-2H3;3-5H,1-2H3;3-5H2,1-2H3;3-6H2,1-2H3;3-4H,1-2H3. The van der Waals surface area contributed by atoms with Crippen LogP contribution in [-0.2, 0) is 4.79 Å². The Morgan fingerprint density at radius 1 is 0.532 bits per heavy atom. The third-order valence-corrected chi connectivity index (χ3v) is 13.0. The number of halogens is 1. The second-order valence-electron chi connectivity index (χ2n) is 20.1. The molecule has 1 N–H and O–H groups in total. The smallest absolute Gasteiger partial charge is 0.236 e. The maximum absolute atomic E-state index is 12.6. The van der Waals surface area contributed by atoms with Gasteiger partial charge < -0.3 is 29.8 Å². The van der Waals surface area contributed by atoms with Crippen LogP contribution in [0.1, 0.15) is 76.8 Å². The van der Waals surface area contributed by atoms with Crippen molar-refractivity contribution >= 4 is 17.2 Å². The Morgan fingerprint density at radius 3 is 1.32 bits per heavy atom. The molecule has 12 heteroatoms. The van der Waals surface area contributed by atoms with Crippen LogP contribution in [0.2, 0.25) is 0 Å². The van der Waals surface area contributed by atoms with E-state index in [0.717, 1.165) is 57.2 Å². The number of nitrogens with zero attached hydrogens (tertiary/aromatic N) is 6. The number of hydrogen-bond acceptors (Lipinski definition) is 9. The Kier molecular flexibility index (Phi) is 33.3. The molecule has 2 aliphatic rings. The summed E-state index contributed by atoms with van der Waals surface area (Å²) in [6.45, 7) is 35.1. The average Bonchev–Trinajstić information content (AvgIpc) is 3.78. The highest BCUT2D eigenvalue weighted by atomic mass is 32.1. The van der Waals surface area contributed by atoms with Crippen molar-refractivity contribution in [2.75, 3.05) is 81.1 Å². The highest BCUT2D eigenvalue weighted by molar-refractivity contribution is 7.11. The van der Waals surface area contributed by atoms with Crippen molar-refractivity contribution in [2.24, 2.45) is 0 Å². The van der Waals surface area contributed by atoms with E-state index in [4.69, 9.17) is 9.84 Å². The molecular formula is C65H93FN6O4S. The number of methoxy groups -OCH3 is 1. The summed E-state index contributed by atoms with van der Waals surface area (Å²) in [5.41, 5.74) is 12.8. The first-order valence-electron chi connectivity index (χ1n) is 26.2. The number of phenolic OH excluding ortho intramolecular Hbond substituents is 1. The van der Waals surface area contributed by atoms with Crippen LogP contribution in [-0.4, -0.2) is 117 Å². The molecule has 4 aromatic carbocycles. The summed E-state index contributed by atoms with van der Waals surface area (Å²) in [5, 5.41) is 19.9. The maximum atomic E-state index is 12.6. The number of rotatable bonds is 1. The van der Waals surface area contributed by atoms with Crippen molar-refractivity contribution in [2.45, 2.75) is 96.9 Å². The predicted molar refractivity (Wildman–Crippen MR) is 324 cm³/mol. The van der Waals surface area contributed by atoms with Crippen LogP contribution in [0.25, 0.3) is 0 Å². The zero-order valence-electron chi connectivity index (χ0n) is 50.2. The van der Waals surface area contributed by atoms with E-state index in [-0.39, 0.29) is 11.7 Å². The maximum Gasteiger partial charge on any atom is 0.236 e. The number of amides is 1. The topological polar surface area (TPSA) is 99.3 Å². The summed E-state index contributed by atoms with van der Waals surface area (Å²) in [5.74, 6) is 1.47. The van der Waals surface area contributed by atoms with Crippen LogP contribution < -0.4 is 9.47 Å². The molecule has 0 atom stereocenters. The first-order valence-corrected chi connectivity index (χ1v) is 27.0. The number of ether oxygens (including phenoxy) is 1. The molecule has 7 aromatic rings. The minimum atomic E-state index is -0.116. The molecule has 0 bridgehead atoms. The lowest BCUT2D eigenvalue weighted by molar-refractivity contribution is -0.612. The number of aromatic hydroxyl groups is 1. The van der Waals surface area contributed by atoms with Crippen molar-refractivity contribution in [1.82, 2.24) is 24.6 Å². The van der Waals surface area contributed by atoms with Gasteiger partial charge in [-0.2, -0.15) is 4.73 Å². The molecule has 2 aliphatic heterocycles. The van der Waals surface area contributed by atoms with Crippen LogP contribution in [0.15, 0.2) is 128 Å². The second kappa shape index (κ2) is 37.4. The second-order valence-corrected chi connectivity index (χ2v) is 21.6. The van der Waals surface area contributed by atoms with Crippen LogP contribution in [0, 0.1) is 108 Å². The summed E-state index contributed by atoms with van der Waals surface area (Å²) in [6.07, 6.45) is 3.44. The molecule has 0 radical (unpaired) electrons. The van der Waals surface area contributed by atoms with Crippen LogP contribution >= 0.6 is 11.3 Å². The van der Waals surface area contributed by atoms with Gasteiger partial charge >= 0.3 is 0 Å². The van der Waals surface area contributed by atoms with Gasteiger partial charge in [0.1, 0.15) is 17.3 Å². The van der Waals surface area contributed by atoms with Gasteiger partial charge in [0.25, 0.3) is 0 Å². The summed E-state index contributed by atoms with van der Waals surface area (Å²) >= 11 is 1.84. The van der Waals surface area contributed by atoms with E-state index < -0.39 is 0 Å². The van der Waals surface area contributed by atoms with Gasteiger partial charge in [-0.3, -0.25) is 14.7 Å². The number of aryl methyl sites for hydroxylation is 14. The monoisotopic (exact) mass is 1070 g/mol. The van der Waals surface area contributed by atoms with E-state index in [0.29, 0.717) is 17.9 Å². The molecule has 9 rings (SSSR count). The van der Waals surface area contributed by atoms with E-state index in [1.165, 1.54) is 69.8 Å². The minimum Gasteiger partial charge on any atom is -0.619 e. The first kappa shape index (κ1) is 68.6. The third kappa shape index (κ3) is 32.0. The lowest BCUT2D eigenvalue weighted by Gasteiger charge is -2.28. The highest BCUT2D eigenvalue weighted by Gasteiger charge is 2.17. The SMILES string of the molecule is CN1CCN(C)C(=O)C1.CN1CCN(C)CC1.COc1cc(C)ccc1C.Cc1ccc(C)[n+]([O-])c1.Cc1ccc(C)c(F)c1.Cc1ccc(C)c(O)c1.Cc1ccc(C)cc1.Cc1ccc(C)nc1.Cc1ccc(C)s1. The lowest BCUT2D eigenvalue weighted by atomic mass is 10.1. The summed E-state index contributed by atoms with van der Waals surface area (Å²) < 4.78 is 18.6. The largest absolute Gasteiger partial charge is 0.619 e. The van der Waals surface area contributed by atoms with E-state index >= 15 is 0 Å². The number of hydrogen-bond donors (Lipinski definition) is 1. The van der Waals surface area contributed by atoms with Gasteiger partial charge in [-0.25, -0.2) is 4.39 Å². The molecule has 2 saturated heterocycles. The zero-order valence-corrected chi connectivity index (χ0v) is 51.0. The molecule has 0 spiro atoms. The van der Waals surface area contributed by atoms with Gasteiger partial charge in [-0.15, -0.1) is 11.3 Å². The zero-order chi connectivity index (χ0) is 58.2. The van der Waals surface area contributed by atoms with Crippen LogP contribution in [0.3, 0.4) is 0 Å². The fourth-order valence-electron chi connectivity index (χ4n) is 6.52. The van der Waals surface area contributed by atoms with E-state index in [1.54, 1.807) is 44.2 Å². The quantitative estimate of drug-likeness (QED) is 0.128. The number of thiophene rings is 1. The fourth-order valence-corrected chi connectivity index (χ4v) is 7.30. The molecule has 77 heavy (non-hydrogen) atoms. The van der Waals surface area contributed by atoms with Gasteiger partial charge in [-0.05, 0) is 193 Å². The molecule has 1 amide bonds. The lowest BCUT2D eigenvalue weighted by Crippen LogP contribution is -2.46. The molecular weight excluding hydrogens is 980 g/mol. The van der Waals surface area contributed by atoms with Gasteiger partial charge in [0, 0.05) is 86.5 Å². The number of carbonyl (C=O) groups excluding carboxylic acids is 1. The molecule has 3 aromatic heterocycles. The van der Waals surface area contributed by atoms with Crippen molar-refractivity contribution in [3.8, 4) is 11.5 Å². The number of pyridine rings is 2. The normalized spacial score (nSPS) is 12.8. The third-order valence-electron chi connectivity index (χ3n) is 12.0. The van der Waals surface area contributed by atoms with Crippen molar-refractivity contribution in [3.63, 3.8) is 0 Å². The first-order chi connectivity index (χ1) is 36.2. The van der Waals surface area contributed by atoms with Gasteiger partial charge in [0.15, 0.2) is 11.9 Å². The molecule has 10 nitrogen and oxygen atoms in total. The number of piperazine rings is 2. The van der Waals surface area contributed by atoms with Crippen molar-refractivity contribution in [1.29, 1.82) is 0 Å². The van der Waals surface area contributed by atoms with E-state index in [2.05, 4.69) is 118 Å². The number of phenols is 1. The number of benzene rings is 4. The van der Waals surface area contributed by atoms with Crippen LogP contribution in [0.4, 0.5) is 4.39 Å². The Labute approximate surface area is 468 Å². The summed E-state index contributed by atoms with van der Waals surface area (Å²) in [7, 11) is 9.85. The Hall–Kier alpha value is -6.44.